The maximum Gasteiger partial charge on any atom is 0.243 e. The second kappa shape index (κ2) is 12.7. The maximum atomic E-state index is 13.9. The summed E-state index contributed by atoms with van der Waals surface area (Å²) >= 11 is 3.54. The van der Waals surface area contributed by atoms with E-state index in [1.807, 2.05) is 88.4 Å². The average Bonchev–Trinajstić information content (AvgIpc) is 2.84. The molecule has 0 unspecified atom stereocenters. The van der Waals surface area contributed by atoms with Crippen molar-refractivity contribution in [2.45, 2.75) is 65.6 Å². The second-order valence-corrected chi connectivity index (χ2v) is 10.2. The Morgan fingerprint density at radius 3 is 2.34 bits per heavy atom. The number of benzene rings is 3. The molecule has 3 aromatic carbocycles. The Kier molecular flexibility index (Phi) is 9.67. The molecule has 3 rings (SSSR count). The summed E-state index contributed by atoms with van der Waals surface area (Å²) in [6, 6.07) is 23.4. The number of halogens is 1. The van der Waals surface area contributed by atoms with Crippen LogP contribution in [0.4, 0.5) is 0 Å². The monoisotopic (exact) mass is 534 g/mol. The molecule has 1 N–H and O–H groups in total. The number of carbonyl (C=O) groups is 2. The molecule has 0 aliphatic rings. The third kappa shape index (κ3) is 7.79. The summed E-state index contributed by atoms with van der Waals surface area (Å²) in [6.07, 6.45) is 1.53. The Balaban J connectivity index is 2.00. The summed E-state index contributed by atoms with van der Waals surface area (Å²) in [7, 11) is 0. The minimum Gasteiger partial charge on any atom is -0.352 e. The zero-order valence-corrected chi connectivity index (χ0v) is 22.6. The minimum absolute atomic E-state index is 0.0302. The molecular weight excluding hydrogens is 500 g/mol. The molecule has 0 aliphatic carbocycles. The SMILES string of the molecule is CC[C@H](C)NC(=O)[C@@H](Cc1ccccc1)N(Cc1cccc(Br)c1)C(=O)Cc1cc(C)ccc1C. The van der Waals surface area contributed by atoms with E-state index in [1.165, 1.54) is 0 Å². The highest BCUT2D eigenvalue weighted by molar-refractivity contribution is 9.10. The van der Waals surface area contributed by atoms with Gasteiger partial charge in [-0.25, -0.2) is 0 Å². The van der Waals surface area contributed by atoms with Gasteiger partial charge in [-0.3, -0.25) is 9.59 Å². The van der Waals surface area contributed by atoms with E-state index in [4.69, 9.17) is 0 Å². The van der Waals surface area contributed by atoms with Gasteiger partial charge in [0.05, 0.1) is 6.42 Å². The van der Waals surface area contributed by atoms with Crippen molar-refractivity contribution in [3.8, 4) is 0 Å². The molecule has 2 atom stereocenters. The zero-order chi connectivity index (χ0) is 25.4. The van der Waals surface area contributed by atoms with Crippen molar-refractivity contribution < 1.29 is 9.59 Å². The Bertz CT molecular complexity index is 1150. The van der Waals surface area contributed by atoms with Gasteiger partial charge in [0.2, 0.25) is 11.8 Å². The van der Waals surface area contributed by atoms with E-state index in [0.29, 0.717) is 13.0 Å². The van der Waals surface area contributed by atoms with Gasteiger partial charge in [-0.2, -0.15) is 0 Å². The smallest absolute Gasteiger partial charge is 0.243 e. The lowest BCUT2D eigenvalue weighted by Gasteiger charge is -2.32. The van der Waals surface area contributed by atoms with Crippen molar-refractivity contribution in [2.24, 2.45) is 0 Å². The van der Waals surface area contributed by atoms with Gasteiger partial charge in [0, 0.05) is 23.5 Å². The van der Waals surface area contributed by atoms with Crippen molar-refractivity contribution in [3.05, 3.63) is 105 Å². The van der Waals surface area contributed by atoms with Gasteiger partial charge in [-0.05, 0) is 61.6 Å². The van der Waals surface area contributed by atoms with Crippen LogP contribution in [0.1, 0.15) is 48.1 Å². The lowest BCUT2D eigenvalue weighted by Crippen LogP contribution is -2.52. The molecule has 0 bridgehead atoms. The molecule has 0 heterocycles. The predicted octanol–water partition coefficient (Wildman–Crippen LogP) is 6.16. The van der Waals surface area contributed by atoms with Gasteiger partial charge in [0.1, 0.15) is 6.04 Å². The summed E-state index contributed by atoms with van der Waals surface area (Å²) in [5.74, 6) is -0.175. The Morgan fingerprint density at radius 2 is 1.66 bits per heavy atom. The number of rotatable bonds is 10. The first-order valence-corrected chi connectivity index (χ1v) is 13.0. The van der Waals surface area contributed by atoms with Gasteiger partial charge in [0.15, 0.2) is 0 Å². The molecule has 0 fully saturated rings. The fraction of sp³-hybridized carbons (Fsp3) is 0.333. The van der Waals surface area contributed by atoms with E-state index in [2.05, 4.69) is 33.4 Å². The lowest BCUT2D eigenvalue weighted by atomic mass is 9.99. The normalized spacial score (nSPS) is 12.6. The predicted molar refractivity (Wildman–Crippen MR) is 146 cm³/mol. The number of nitrogens with one attached hydrogen (secondary N) is 1. The highest BCUT2D eigenvalue weighted by atomic mass is 79.9. The van der Waals surface area contributed by atoms with Crippen LogP contribution in [-0.4, -0.2) is 28.8 Å². The standard InChI is InChI=1S/C30H35BrN2O2/c1-5-23(4)32-30(35)28(18-24-10-7-6-8-11-24)33(20-25-12-9-13-27(31)17-25)29(34)19-26-16-21(2)14-15-22(26)3/h6-17,23,28H,5,18-20H2,1-4H3,(H,32,35)/t23-,28+/m0/s1. The highest BCUT2D eigenvalue weighted by Gasteiger charge is 2.31. The average molecular weight is 536 g/mol. The van der Waals surface area contributed by atoms with Gasteiger partial charge in [-0.15, -0.1) is 0 Å². The first kappa shape index (κ1) is 26.7. The topological polar surface area (TPSA) is 49.4 Å². The van der Waals surface area contributed by atoms with Gasteiger partial charge in [-0.1, -0.05) is 89.1 Å². The molecule has 0 saturated heterocycles. The molecular formula is C30H35BrN2O2. The number of amides is 2. The van der Waals surface area contributed by atoms with Crippen LogP contribution in [0.15, 0.2) is 77.3 Å². The van der Waals surface area contributed by atoms with Crippen molar-refractivity contribution in [3.63, 3.8) is 0 Å². The Morgan fingerprint density at radius 1 is 0.943 bits per heavy atom. The Hall–Kier alpha value is -2.92. The molecule has 0 aromatic heterocycles. The van der Waals surface area contributed by atoms with Crippen molar-refractivity contribution >= 4 is 27.7 Å². The fourth-order valence-electron chi connectivity index (χ4n) is 4.08. The molecule has 4 nitrogen and oxygen atoms in total. The van der Waals surface area contributed by atoms with Crippen molar-refractivity contribution in [1.82, 2.24) is 10.2 Å². The molecule has 184 valence electrons. The lowest BCUT2D eigenvalue weighted by molar-refractivity contribution is -0.141. The van der Waals surface area contributed by atoms with Crippen LogP contribution in [0, 0.1) is 13.8 Å². The summed E-state index contributed by atoms with van der Waals surface area (Å²) in [5, 5.41) is 3.12. The van der Waals surface area contributed by atoms with Crippen LogP contribution < -0.4 is 5.32 Å². The molecule has 5 heteroatoms. The van der Waals surface area contributed by atoms with Gasteiger partial charge >= 0.3 is 0 Å². The summed E-state index contributed by atoms with van der Waals surface area (Å²) < 4.78 is 0.945. The van der Waals surface area contributed by atoms with E-state index >= 15 is 0 Å². The molecule has 0 radical (unpaired) electrons. The quantitative estimate of drug-likeness (QED) is 0.338. The van der Waals surface area contributed by atoms with E-state index in [9.17, 15) is 9.59 Å². The summed E-state index contributed by atoms with van der Waals surface area (Å²) in [5.41, 5.74) is 5.19. The molecule has 0 spiro atoms. The number of hydrogen-bond acceptors (Lipinski definition) is 2. The van der Waals surface area contributed by atoms with E-state index in [0.717, 1.165) is 38.7 Å². The highest BCUT2D eigenvalue weighted by Crippen LogP contribution is 2.20. The number of carbonyl (C=O) groups excluding carboxylic acids is 2. The maximum absolute atomic E-state index is 13.9. The zero-order valence-electron chi connectivity index (χ0n) is 21.1. The number of aryl methyl sites for hydroxylation is 2. The molecule has 2 amide bonds. The largest absolute Gasteiger partial charge is 0.352 e. The fourth-order valence-corrected chi connectivity index (χ4v) is 4.53. The minimum atomic E-state index is -0.622. The van der Waals surface area contributed by atoms with Crippen LogP contribution in [0.2, 0.25) is 0 Å². The van der Waals surface area contributed by atoms with E-state index in [1.54, 1.807) is 4.90 Å². The second-order valence-electron chi connectivity index (χ2n) is 9.28. The number of nitrogens with zero attached hydrogens (tertiary/aromatic N) is 1. The molecule has 35 heavy (non-hydrogen) atoms. The van der Waals surface area contributed by atoms with Gasteiger partial charge < -0.3 is 10.2 Å². The number of hydrogen-bond donors (Lipinski definition) is 1. The van der Waals surface area contributed by atoms with Crippen LogP contribution in [0.5, 0.6) is 0 Å². The molecule has 3 aromatic rings. The Labute approximate surface area is 217 Å². The third-order valence-corrected chi connectivity index (χ3v) is 6.85. The van der Waals surface area contributed by atoms with Crippen LogP contribution in [0.3, 0.4) is 0 Å². The molecule has 0 aliphatic heterocycles. The summed E-state index contributed by atoms with van der Waals surface area (Å²) in [6.45, 7) is 8.45. The first-order valence-electron chi connectivity index (χ1n) is 12.2. The van der Waals surface area contributed by atoms with Crippen LogP contribution >= 0.6 is 15.9 Å². The summed E-state index contributed by atoms with van der Waals surface area (Å²) in [4.78, 5) is 29.2. The van der Waals surface area contributed by atoms with Crippen molar-refractivity contribution in [2.75, 3.05) is 0 Å². The van der Waals surface area contributed by atoms with Crippen molar-refractivity contribution in [1.29, 1.82) is 0 Å². The van der Waals surface area contributed by atoms with E-state index < -0.39 is 6.04 Å². The van der Waals surface area contributed by atoms with E-state index in [-0.39, 0.29) is 24.3 Å². The van der Waals surface area contributed by atoms with Crippen LogP contribution in [0.25, 0.3) is 0 Å². The van der Waals surface area contributed by atoms with Crippen LogP contribution in [-0.2, 0) is 29.0 Å². The molecule has 0 saturated carbocycles. The van der Waals surface area contributed by atoms with Gasteiger partial charge in [0.25, 0.3) is 0 Å². The first-order chi connectivity index (χ1) is 16.8. The third-order valence-electron chi connectivity index (χ3n) is 6.36.